The fraction of sp³-hybridized carbons (Fsp3) is 0.800. The van der Waals surface area contributed by atoms with Crippen molar-refractivity contribution in [1.82, 2.24) is 0 Å². The van der Waals surface area contributed by atoms with E-state index in [1.807, 2.05) is 13.0 Å². The first-order chi connectivity index (χ1) is 3.85. The number of hydrogen-bond acceptors (Lipinski definition) is 2. The number of hydrogen-bond donors (Lipinski definition) is 0. The maximum atomic E-state index is 8.25. The van der Waals surface area contributed by atoms with Crippen LogP contribution >= 0.6 is 15.9 Å². The van der Waals surface area contributed by atoms with Crippen LogP contribution in [0.1, 0.15) is 6.92 Å². The Bertz CT molecular complexity index is 88.9. The highest BCUT2D eigenvalue weighted by atomic mass is 79.9. The molecule has 0 aliphatic rings. The van der Waals surface area contributed by atoms with Gasteiger partial charge in [0.2, 0.25) is 0 Å². The molecule has 0 aromatic carbocycles. The van der Waals surface area contributed by atoms with Gasteiger partial charge in [0.1, 0.15) is 0 Å². The highest BCUT2D eigenvalue weighted by Gasteiger charge is 2.00. The van der Waals surface area contributed by atoms with Crippen LogP contribution < -0.4 is 0 Å². The monoisotopic (exact) mass is 177 g/mol. The summed E-state index contributed by atoms with van der Waals surface area (Å²) >= 11 is 3.13. The van der Waals surface area contributed by atoms with Crippen LogP contribution in [0.4, 0.5) is 0 Å². The smallest absolute Gasteiger partial charge is 0.153 e. The lowest BCUT2D eigenvalue weighted by Gasteiger charge is -2.01. The van der Waals surface area contributed by atoms with Crippen LogP contribution in [0.2, 0.25) is 0 Å². The minimum Gasteiger partial charge on any atom is -0.363 e. The molecule has 0 aromatic heterocycles. The van der Waals surface area contributed by atoms with Gasteiger partial charge in [-0.05, 0) is 6.92 Å². The normalized spacial score (nSPS) is 12.6. The van der Waals surface area contributed by atoms with E-state index < -0.39 is 0 Å². The van der Waals surface area contributed by atoms with Crippen molar-refractivity contribution in [2.75, 3.05) is 11.9 Å². The maximum Gasteiger partial charge on any atom is 0.153 e. The van der Waals surface area contributed by atoms with Gasteiger partial charge in [0, 0.05) is 11.9 Å². The van der Waals surface area contributed by atoms with E-state index in [0.29, 0.717) is 11.9 Å². The van der Waals surface area contributed by atoms with Gasteiger partial charge in [0.25, 0.3) is 0 Å². The number of nitrogens with zero attached hydrogens (tertiary/aromatic N) is 1. The number of rotatable bonds is 3. The Balaban J connectivity index is 3.26. The first-order valence-corrected chi connectivity index (χ1v) is 3.54. The first kappa shape index (κ1) is 7.93. The van der Waals surface area contributed by atoms with E-state index in [1.165, 1.54) is 0 Å². The third kappa shape index (κ3) is 3.00. The number of halogens is 1. The van der Waals surface area contributed by atoms with Gasteiger partial charge in [-0.1, -0.05) is 15.9 Å². The zero-order valence-electron chi connectivity index (χ0n) is 4.72. The molecule has 46 valence electrons. The van der Waals surface area contributed by atoms with Gasteiger partial charge in [-0.3, -0.25) is 0 Å². The van der Waals surface area contributed by atoms with Gasteiger partial charge in [-0.2, -0.15) is 5.26 Å². The second-order valence-electron chi connectivity index (χ2n) is 1.23. The van der Waals surface area contributed by atoms with E-state index in [4.69, 9.17) is 10.00 Å². The van der Waals surface area contributed by atoms with Gasteiger partial charge in [0.15, 0.2) is 6.10 Å². The van der Waals surface area contributed by atoms with Crippen molar-refractivity contribution >= 4 is 15.9 Å². The summed E-state index contributed by atoms with van der Waals surface area (Å²) < 4.78 is 4.93. The summed E-state index contributed by atoms with van der Waals surface area (Å²) in [6, 6.07) is 1.98. The van der Waals surface area contributed by atoms with Crippen LogP contribution in [0.25, 0.3) is 0 Å². The molecule has 0 saturated heterocycles. The molecule has 8 heavy (non-hydrogen) atoms. The molecule has 1 atom stereocenters. The van der Waals surface area contributed by atoms with Gasteiger partial charge in [0.05, 0.1) is 6.07 Å². The second-order valence-corrected chi connectivity index (χ2v) is 1.87. The molecular formula is C5H8BrNO. The van der Waals surface area contributed by atoms with Gasteiger partial charge in [-0.15, -0.1) is 0 Å². The standard InChI is InChI=1S/C5H8BrNO/c1-2-8-5(3-6)4-7/h5H,2-3H2,1H3. The van der Waals surface area contributed by atoms with Crippen molar-refractivity contribution in [3.63, 3.8) is 0 Å². The summed E-state index contributed by atoms with van der Waals surface area (Å²) in [6.45, 7) is 2.47. The molecule has 2 nitrogen and oxygen atoms in total. The van der Waals surface area contributed by atoms with E-state index >= 15 is 0 Å². The molecule has 0 N–H and O–H groups in total. The molecule has 0 saturated carbocycles. The summed E-state index contributed by atoms with van der Waals surface area (Å²) in [5, 5.41) is 8.85. The Hall–Kier alpha value is -0.0700. The van der Waals surface area contributed by atoms with Crippen molar-refractivity contribution in [3.8, 4) is 6.07 Å². The molecule has 3 heteroatoms. The summed E-state index contributed by atoms with van der Waals surface area (Å²) in [5.74, 6) is 0. The first-order valence-electron chi connectivity index (χ1n) is 2.42. The Labute approximate surface area is 57.6 Å². The fourth-order valence-corrected chi connectivity index (χ4v) is 0.649. The lowest BCUT2D eigenvalue weighted by atomic mass is 10.5. The number of ether oxygens (including phenoxy) is 1. The topological polar surface area (TPSA) is 33.0 Å². The molecule has 0 aliphatic carbocycles. The average molecular weight is 178 g/mol. The summed E-state index contributed by atoms with van der Waals surface area (Å²) in [7, 11) is 0. The van der Waals surface area contributed by atoms with Crippen LogP contribution in [0.5, 0.6) is 0 Å². The third-order valence-corrected chi connectivity index (χ3v) is 1.24. The van der Waals surface area contributed by atoms with Crippen LogP contribution in [0.3, 0.4) is 0 Å². The Morgan fingerprint density at radius 3 is 2.62 bits per heavy atom. The van der Waals surface area contributed by atoms with Crippen molar-refractivity contribution in [2.24, 2.45) is 0 Å². The van der Waals surface area contributed by atoms with Crippen LogP contribution in [-0.4, -0.2) is 18.0 Å². The highest BCUT2D eigenvalue weighted by molar-refractivity contribution is 9.09. The molecular weight excluding hydrogens is 170 g/mol. The van der Waals surface area contributed by atoms with Gasteiger partial charge < -0.3 is 4.74 Å². The van der Waals surface area contributed by atoms with Gasteiger partial charge >= 0.3 is 0 Å². The Kier molecular flexibility index (Phi) is 5.03. The summed E-state index contributed by atoms with van der Waals surface area (Å²) in [6.07, 6.45) is -0.278. The molecule has 1 unspecified atom stereocenters. The summed E-state index contributed by atoms with van der Waals surface area (Å²) in [5.41, 5.74) is 0. The van der Waals surface area contributed by atoms with E-state index in [9.17, 15) is 0 Å². The predicted octanol–water partition coefficient (Wildman–Crippen LogP) is 1.31. The predicted molar refractivity (Wildman–Crippen MR) is 34.8 cm³/mol. The minimum absolute atomic E-state index is 0.278. The number of alkyl halides is 1. The molecule has 0 amide bonds. The molecule has 0 bridgehead atoms. The van der Waals surface area contributed by atoms with E-state index in [0.717, 1.165) is 0 Å². The molecule has 0 rings (SSSR count). The lowest BCUT2D eigenvalue weighted by Crippen LogP contribution is -2.10. The van der Waals surface area contributed by atoms with E-state index in [2.05, 4.69) is 15.9 Å². The lowest BCUT2D eigenvalue weighted by molar-refractivity contribution is 0.118. The van der Waals surface area contributed by atoms with E-state index in [1.54, 1.807) is 0 Å². The van der Waals surface area contributed by atoms with E-state index in [-0.39, 0.29) is 6.10 Å². The van der Waals surface area contributed by atoms with Crippen molar-refractivity contribution < 1.29 is 4.74 Å². The fourth-order valence-electron chi connectivity index (χ4n) is 0.317. The number of nitriles is 1. The molecule has 0 aliphatic heterocycles. The Morgan fingerprint density at radius 2 is 2.50 bits per heavy atom. The molecule has 0 spiro atoms. The maximum absolute atomic E-state index is 8.25. The van der Waals surface area contributed by atoms with Crippen molar-refractivity contribution in [2.45, 2.75) is 13.0 Å². The second kappa shape index (κ2) is 5.07. The van der Waals surface area contributed by atoms with Crippen molar-refractivity contribution in [3.05, 3.63) is 0 Å². The SMILES string of the molecule is CCOC(C#N)CBr. The third-order valence-electron chi connectivity index (χ3n) is 0.652. The Morgan fingerprint density at radius 1 is 1.88 bits per heavy atom. The summed E-state index contributed by atoms with van der Waals surface area (Å²) in [4.78, 5) is 0. The van der Waals surface area contributed by atoms with Gasteiger partial charge in [-0.25, -0.2) is 0 Å². The average Bonchev–Trinajstić information content (AvgIpc) is 1.83. The zero-order chi connectivity index (χ0) is 6.41. The minimum atomic E-state index is -0.278. The molecule has 0 heterocycles. The largest absolute Gasteiger partial charge is 0.363 e. The van der Waals surface area contributed by atoms with Crippen LogP contribution in [0, 0.1) is 11.3 Å². The highest BCUT2D eigenvalue weighted by Crippen LogP contribution is 1.93. The molecule has 0 fully saturated rings. The quantitative estimate of drug-likeness (QED) is 0.610. The van der Waals surface area contributed by atoms with Crippen LogP contribution in [0.15, 0.2) is 0 Å². The molecule has 0 radical (unpaired) electrons. The molecule has 0 aromatic rings. The zero-order valence-corrected chi connectivity index (χ0v) is 6.31. The van der Waals surface area contributed by atoms with Crippen molar-refractivity contribution in [1.29, 1.82) is 5.26 Å². The van der Waals surface area contributed by atoms with Crippen LogP contribution in [-0.2, 0) is 4.74 Å².